The molecule has 0 N–H and O–H groups in total. The first-order valence-electron chi connectivity index (χ1n) is 6.52. The highest BCUT2D eigenvalue weighted by atomic mass is 32.2. The van der Waals surface area contributed by atoms with Crippen LogP contribution >= 0.6 is 11.8 Å². The van der Waals surface area contributed by atoms with Gasteiger partial charge in [-0.25, -0.2) is 0 Å². The number of carbonyl (C=O) groups excluding carboxylic acids is 2. The van der Waals surface area contributed by atoms with Gasteiger partial charge in [-0.3, -0.25) is 24.6 Å². The molecule has 1 aromatic carbocycles. The molecular weight excluding hydrogens is 320 g/mol. The highest BCUT2D eigenvalue weighted by Gasteiger charge is 2.32. The second kappa shape index (κ2) is 5.73. The fourth-order valence-corrected chi connectivity index (χ4v) is 2.82. The lowest BCUT2D eigenvalue weighted by atomic mass is 10.1. The van der Waals surface area contributed by atoms with E-state index in [0.717, 1.165) is 16.7 Å². The van der Waals surface area contributed by atoms with Gasteiger partial charge in [-0.05, 0) is 36.0 Å². The van der Waals surface area contributed by atoms with Crippen molar-refractivity contribution in [2.45, 2.75) is 0 Å². The summed E-state index contributed by atoms with van der Waals surface area (Å²) < 4.78 is 5.61. The van der Waals surface area contributed by atoms with Crippen molar-refractivity contribution in [2.24, 2.45) is 0 Å². The number of carbonyl (C=O) groups is 2. The van der Waals surface area contributed by atoms with Crippen LogP contribution in [0.15, 0.2) is 45.7 Å². The van der Waals surface area contributed by atoms with Crippen molar-refractivity contribution in [3.8, 4) is 11.3 Å². The van der Waals surface area contributed by atoms with Gasteiger partial charge in [-0.2, -0.15) is 0 Å². The van der Waals surface area contributed by atoms with Crippen LogP contribution in [0.5, 0.6) is 0 Å². The monoisotopic (exact) mass is 330 g/mol. The van der Waals surface area contributed by atoms with Gasteiger partial charge in [0, 0.05) is 30.8 Å². The van der Waals surface area contributed by atoms with Crippen molar-refractivity contribution in [1.82, 2.24) is 4.90 Å². The summed E-state index contributed by atoms with van der Waals surface area (Å²) in [5, 5.41) is 10.3. The standard InChI is InChI=1S/C15H10N2O5S/c1-16-14(18)13(23-15(16)19)8-11-6-7-12(22-11)9-2-4-10(5-3-9)17(20)21/h2-8H,1H3. The zero-order valence-electron chi connectivity index (χ0n) is 11.9. The molecule has 2 amide bonds. The summed E-state index contributed by atoms with van der Waals surface area (Å²) in [6.45, 7) is 0. The van der Waals surface area contributed by atoms with Crippen molar-refractivity contribution >= 4 is 34.7 Å². The minimum Gasteiger partial charge on any atom is -0.457 e. The molecule has 0 saturated carbocycles. The highest BCUT2D eigenvalue weighted by molar-refractivity contribution is 8.18. The van der Waals surface area contributed by atoms with Gasteiger partial charge in [0.25, 0.3) is 16.8 Å². The highest BCUT2D eigenvalue weighted by Crippen LogP contribution is 2.32. The number of non-ortho nitro benzene ring substituents is 1. The Bertz CT molecular complexity index is 838. The van der Waals surface area contributed by atoms with Crippen LogP contribution in [0.3, 0.4) is 0 Å². The van der Waals surface area contributed by atoms with E-state index in [1.165, 1.54) is 25.3 Å². The van der Waals surface area contributed by atoms with Crippen molar-refractivity contribution in [3.63, 3.8) is 0 Å². The number of nitro benzene ring substituents is 1. The van der Waals surface area contributed by atoms with E-state index in [0.29, 0.717) is 22.0 Å². The Labute approximate surface area is 134 Å². The zero-order valence-corrected chi connectivity index (χ0v) is 12.7. The van der Waals surface area contributed by atoms with Crippen molar-refractivity contribution < 1.29 is 18.9 Å². The van der Waals surface area contributed by atoms with Crippen molar-refractivity contribution in [3.05, 3.63) is 57.2 Å². The van der Waals surface area contributed by atoms with Crippen LogP contribution in [-0.2, 0) is 4.79 Å². The molecule has 7 nitrogen and oxygen atoms in total. The molecule has 0 radical (unpaired) electrons. The molecule has 2 aromatic rings. The molecular formula is C15H10N2O5S. The smallest absolute Gasteiger partial charge is 0.293 e. The van der Waals surface area contributed by atoms with Crippen LogP contribution in [0, 0.1) is 10.1 Å². The molecule has 0 bridgehead atoms. The van der Waals surface area contributed by atoms with Crippen molar-refractivity contribution in [2.75, 3.05) is 7.05 Å². The normalized spacial score (nSPS) is 16.4. The lowest BCUT2D eigenvalue weighted by Gasteiger charge is -2.00. The minimum absolute atomic E-state index is 0.00264. The number of hydrogen-bond acceptors (Lipinski definition) is 6. The molecule has 3 rings (SSSR count). The van der Waals surface area contributed by atoms with Gasteiger partial charge in [0.15, 0.2) is 0 Å². The van der Waals surface area contributed by atoms with Gasteiger partial charge >= 0.3 is 0 Å². The number of thioether (sulfide) groups is 1. The second-order valence-electron chi connectivity index (χ2n) is 4.75. The summed E-state index contributed by atoms with van der Waals surface area (Å²) in [5.41, 5.74) is 0.677. The van der Waals surface area contributed by atoms with E-state index in [1.54, 1.807) is 24.3 Å². The number of amides is 2. The predicted octanol–water partition coefficient (Wildman–Crippen LogP) is 3.52. The van der Waals surface area contributed by atoms with Crippen LogP contribution in [0.2, 0.25) is 0 Å². The number of nitrogens with zero attached hydrogens (tertiary/aromatic N) is 2. The molecule has 0 aliphatic carbocycles. The number of benzene rings is 1. The molecule has 1 saturated heterocycles. The largest absolute Gasteiger partial charge is 0.457 e. The summed E-state index contributed by atoms with van der Waals surface area (Å²) in [7, 11) is 1.42. The Morgan fingerprint density at radius 1 is 1.17 bits per heavy atom. The van der Waals surface area contributed by atoms with Crippen LogP contribution in [0.1, 0.15) is 5.76 Å². The molecule has 0 spiro atoms. The van der Waals surface area contributed by atoms with E-state index < -0.39 is 4.92 Å². The Balaban J connectivity index is 1.85. The summed E-state index contributed by atoms with van der Waals surface area (Å²) in [6.07, 6.45) is 1.50. The molecule has 116 valence electrons. The van der Waals surface area contributed by atoms with Crippen molar-refractivity contribution in [1.29, 1.82) is 0 Å². The SMILES string of the molecule is CN1C(=O)SC(=Cc2ccc(-c3ccc([N+](=O)[O-])cc3)o2)C1=O. The number of nitro groups is 1. The first-order chi connectivity index (χ1) is 11.0. The molecule has 2 heterocycles. The molecule has 23 heavy (non-hydrogen) atoms. The van der Waals surface area contributed by atoms with Gasteiger partial charge in [0.2, 0.25) is 0 Å². The van der Waals surface area contributed by atoms with E-state index in [1.807, 2.05) is 0 Å². The molecule has 1 aliphatic heterocycles. The number of rotatable bonds is 3. The minimum atomic E-state index is -0.474. The summed E-state index contributed by atoms with van der Waals surface area (Å²) in [6, 6.07) is 9.31. The molecule has 8 heteroatoms. The van der Waals surface area contributed by atoms with Gasteiger partial charge in [-0.15, -0.1) is 0 Å². The average Bonchev–Trinajstić information content (AvgIpc) is 3.09. The van der Waals surface area contributed by atoms with Crippen LogP contribution in [0.4, 0.5) is 10.5 Å². The summed E-state index contributed by atoms with van der Waals surface area (Å²) >= 11 is 0.850. The van der Waals surface area contributed by atoms with Gasteiger partial charge in [0.1, 0.15) is 11.5 Å². The average molecular weight is 330 g/mol. The summed E-state index contributed by atoms with van der Waals surface area (Å²) in [4.78, 5) is 34.7. The van der Waals surface area contributed by atoms with E-state index in [-0.39, 0.29) is 16.8 Å². The fraction of sp³-hybridized carbons (Fsp3) is 0.0667. The Kier molecular flexibility index (Phi) is 3.75. The Hall–Kier alpha value is -2.87. The van der Waals surface area contributed by atoms with E-state index >= 15 is 0 Å². The van der Waals surface area contributed by atoms with Gasteiger partial charge in [0.05, 0.1) is 9.83 Å². The third-order valence-electron chi connectivity index (χ3n) is 3.25. The number of hydrogen-bond donors (Lipinski definition) is 0. The predicted molar refractivity (Wildman–Crippen MR) is 84.5 cm³/mol. The molecule has 0 atom stereocenters. The quantitative estimate of drug-likeness (QED) is 0.485. The number of furan rings is 1. The Morgan fingerprint density at radius 2 is 1.87 bits per heavy atom. The maximum Gasteiger partial charge on any atom is 0.293 e. The molecule has 1 aromatic heterocycles. The molecule has 0 unspecified atom stereocenters. The van der Waals surface area contributed by atoms with Gasteiger partial charge in [-0.1, -0.05) is 0 Å². The van der Waals surface area contributed by atoms with E-state index in [9.17, 15) is 19.7 Å². The topological polar surface area (TPSA) is 93.7 Å². The van der Waals surface area contributed by atoms with Crippen LogP contribution < -0.4 is 0 Å². The maximum absolute atomic E-state index is 11.8. The zero-order chi connectivity index (χ0) is 16.6. The lowest BCUT2D eigenvalue weighted by Crippen LogP contribution is -2.22. The number of likely N-dealkylation sites (N-methyl/N-ethyl adjacent to an activating group) is 1. The third kappa shape index (κ3) is 2.88. The number of imide groups is 1. The third-order valence-corrected chi connectivity index (χ3v) is 4.21. The maximum atomic E-state index is 11.8. The van der Waals surface area contributed by atoms with Gasteiger partial charge < -0.3 is 4.42 Å². The Morgan fingerprint density at radius 3 is 2.43 bits per heavy atom. The van der Waals surface area contributed by atoms with Crippen LogP contribution in [-0.4, -0.2) is 28.0 Å². The second-order valence-corrected chi connectivity index (χ2v) is 5.74. The molecule has 1 aliphatic rings. The van der Waals surface area contributed by atoms with E-state index in [2.05, 4.69) is 0 Å². The van der Waals surface area contributed by atoms with E-state index in [4.69, 9.17) is 4.42 Å². The summed E-state index contributed by atoms with van der Waals surface area (Å²) in [5.74, 6) is 0.576. The molecule has 1 fully saturated rings. The fourth-order valence-electron chi connectivity index (χ4n) is 2.01. The lowest BCUT2D eigenvalue weighted by molar-refractivity contribution is -0.384. The van der Waals surface area contributed by atoms with Crippen LogP contribution in [0.25, 0.3) is 17.4 Å². The first kappa shape index (κ1) is 15.0. The first-order valence-corrected chi connectivity index (χ1v) is 7.33.